The van der Waals surface area contributed by atoms with Crippen LogP contribution in [0.2, 0.25) is 0 Å². The van der Waals surface area contributed by atoms with E-state index in [2.05, 4.69) is 0 Å². The van der Waals surface area contributed by atoms with E-state index in [1.165, 1.54) is 14.0 Å². The molecule has 2 fully saturated rings. The molecule has 2 aliphatic heterocycles. The summed E-state index contributed by atoms with van der Waals surface area (Å²) in [5, 5.41) is 1.79. The summed E-state index contributed by atoms with van der Waals surface area (Å²) in [6, 6.07) is 0.00935. The summed E-state index contributed by atoms with van der Waals surface area (Å²) in [5.41, 5.74) is 0. The predicted molar refractivity (Wildman–Crippen MR) is 55.4 cm³/mol. The van der Waals surface area contributed by atoms with E-state index in [4.69, 9.17) is 9.57 Å². The second-order valence-corrected chi connectivity index (χ2v) is 4.39. The highest BCUT2D eigenvalue weighted by Crippen LogP contribution is 2.35. The first-order valence-electron chi connectivity index (χ1n) is 5.67. The summed E-state index contributed by atoms with van der Waals surface area (Å²) >= 11 is 0. The van der Waals surface area contributed by atoms with Crippen molar-refractivity contribution in [1.82, 2.24) is 5.06 Å². The molecule has 2 aliphatic rings. The summed E-state index contributed by atoms with van der Waals surface area (Å²) in [7, 11) is 1.35. The number of ether oxygens (including phenoxy) is 1. The Morgan fingerprint density at radius 3 is 2.75 bits per heavy atom. The van der Waals surface area contributed by atoms with Crippen molar-refractivity contribution in [2.24, 2.45) is 5.92 Å². The molecule has 2 rings (SSSR count). The van der Waals surface area contributed by atoms with Crippen LogP contribution in [0.25, 0.3) is 0 Å². The molecular formula is C11H17NO4. The van der Waals surface area contributed by atoms with Gasteiger partial charge in [0, 0.05) is 6.54 Å². The van der Waals surface area contributed by atoms with Gasteiger partial charge in [-0.05, 0) is 19.8 Å². The van der Waals surface area contributed by atoms with Crippen molar-refractivity contribution in [3.05, 3.63) is 0 Å². The van der Waals surface area contributed by atoms with Gasteiger partial charge in [-0.15, -0.1) is 0 Å². The first kappa shape index (κ1) is 11.5. The Labute approximate surface area is 94.6 Å². The van der Waals surface area contributed by atoms with Crippen molar-refractivity contribution in [2.45, 2.75) is 38.3 Å². The standard InChI is InChI=1S/C11H17NO4/c1-7(13)10-9(11(14)15-2)8-5-3-4-6-12(8)16-10/h8-10H,3-6H2,1-2H3/t8-,9+,10-/m1/s1. The molecule has 0 bridgehead atoms. The van der Waals surface area contributed by atoms with E-state index in [0.717, 1.165) is 25.8 Å². The second kappa shape index (κ2) is 4.51. The minimum Gasteiger partial charge on any atom is -0.469 e. The smallest absolute Gasteiger partial charge is 0.313 e. The summed E-state index contributed by atoms with van der Waals surface area (Å²) < 4.78 is 4.77. The van der Waals surface area contributed by atoms with E-state index >= 15 is 0 Å². The molecule has 0 radical (unpaired) electrons. The van der Waals surface area contributed by atoms with E-state index < -0.39 is 12.0 Å². The van der Waals surface area contributed by atoms with Crippen molar-refractivity contribution < 1.29 is 19.2 Å². The number of hydrogen-bond donors (Lipinski definition) is 0. The third-order valence-corrected chi connectivity index (χ3v) is 3.36. The Morgan fingerprint density at radius 1 is 1.38 bits per heavy atom. The monoisotopic (exact) mass is 227 g/mol. The molecule has 0 amide bonds. The molecular weight excluding hydrogens is 210 g/mol. The van der Waals surface area contributed by atoms with Crippen molar-refractivity contribution in [3.63, 3.8) is 0 Å². The van der Waals surface area contributed by atoms with Gasteiger partial charge in [0.05, 0.1) is 13.2 Å². The molecule has 3 atom stereocenters. The summed E-state index contributed by atoms with van der Waals surface area (Å²) in [6.07, 6.45) is 2.36. The van der Waals surface area contributed by atoms with Gasteiger partial charge in [0.25, 0.3) is 0 Å². The van der Waals surface area contributed by atoms with E-state index in [9.17, 15) is 9.59 Å². The van der Waals surface area contributed by atoms with Crippen LogP contribution in [-0.4, -0.2) is 42.6 Å². The van der Waals surface area contributed by atoms with Gasteiger partial charge in [-0.3, -0.25) is 14.4 Å². The van der Waals surface area contributed by atoms with Crippen molar-refractivity contribution in [3.8, 4) is 0 Å². The molecule has 0 N–H and O–H groups in total. The number of methoxy groups -OCH3 is 1. The molecule has 0 unspecified atom stereocenters. The number of nitrogens with zero attached hydrogens (tertiary/aromatic N) is 1. The van der Waals surface area contributed by atoms with Crippen molar-refractivity contribution in [1.29, 1.82) is 0 Å². The molecule has 0 aliphatic carbocycles. The average molecular weight is 227 g/mol. The van der Waals surface area contributed by atoms with E-state index in [0.29, 0.717) is 0 Å². The number of rotatable bonds is 2. The number of carbonyl (C=O) groups excluding carboxylic acids is 2. The zero-order chi connectivity index (χ0) is 11.7. The van der Waals surface area contributed by atoms with Crippen molar-refractivity contribution in [2.75, 3.05) is 13.7 Å². The minimum absolute atomic E-state index is 0.00935. The van der Waals surface area contributed by atoms with Gasteiger partial charge >= 0.3 is 5.97 Å². The topological polar surface area (TPSA) is 55.8 Å². The zero-order valence-electron chi connectivity index (χ0n) is 9.64. The fourth-order valence-electron chi connectivity index (χ4n) is 2.58. The minimum atomic E-state index is -0.657. The van der Waals surface area contributed by atoms with Crippen LogP contribution in [0.15, 0.2) is 0 Å². The predicted octanol–water partition coefficient (Wildman–Crippen LogP) is 0.533. The largest absolute Gasteiger partial charge is 0.469 e. The second-order valence-electron chi connectivity index (χ2n) is 4.39. The molecule has 16 heavy (non-hydrogen) atoms. The van der Waals surface area contributed by atoms with E-state index in [1.807, 2.05) is 0 Å². The molecule has 2 saturated heterocycles. The highest BCUT2D eigenvalue weighted by Gasteiger charge is 2.50. The zero-order valence-corrected chi connectivity index (χ0v) is 9.64. The molecule has 0 aromatic rings. The van der Waals surface area contributed by atoms with Gasteiger partial charge in [0.15, 0.2) is 11.9 Å². The number of hydroxylamine groups is 2. The molecule has 0 aromatic heterocycles. The lowest BCUT2D eigenvalue weighted by Crippen LogP contribution is -2.40. The van der Waals surface area contributed by atoms with Gasteiger partial charge < -0.3 is 4.74 Å². The number of carbonyl (C=O) groups is 2. The lowest BCUT2D eigenvalue weighted by atomic mass is 9.88. The number of ketones is 1. The van der Waals surface area contributed by atoms with Gasteiger partial charge in [0.2, 0.25) is 0 Å². The normalized spacial score (nSPS) is 34.5. The summed E-state index contributed by atoms with van der Waals surface area (Å²) in [4.78, 5) is 28.7. The number of hydrogen-bond acceptors (Lipinski definition) is 5. The molecule has 90 valence electrons. The van der Waals surface area contributed by atoms with Gasteiger partial charge in [-0.2, -0.15) is 5.06 Å². The quantitative estimate of drug-likeness (QED) is 0.644. The first-order valence-corrected chi connectivity index (χ1v) is 5.67. The molecule has 2 heterocycles. The SMILES string of the molecule is COC(=O)[C@@H]1[C@@H](C(C)=O)ON2CCCC[C@H]12. The fraction of sp³-hybridized carbons (Fsp3) is 0.818. The molecule has 5 heteroatoms. The Hall–Kier alpha value is -0.940. The van der Waals surface area contributed by atoms with Gasteiger partial charge in [0.1, 0.15) is 5.92 Å². The lowest BCUT2D eigenvalue weighted by Gasteiger charge is -2.28. The number of Topliss-reactive ketones (excluding diaryl/α,β-unsaturated/α-hetero) is 1. The van der Waals surface area contributed by atoms with Crippen LogP contribution in [0.3, 0.4) is 0 Å². The maximum Gasteiger partial charge on any atom is 0.313 e. The van der Waals surface area contributed by atoms with Crippen LogP contribution in [0.1, 0.15) is 26.2 Å². The van der Waals surface area contributed by atoms with E-state index in [-0.39, 0.29) is 17.8 Å². The van der Waals surface area contributed by atoms with Crippen LogP contribution >= 0.6 is 0 Å². The Morgan fingerprint density at radius 2 is 2.12 bits per heavy atom. The van der Waals surface area contributed by atoms with Crippen LogP contribution in [-0.2, 0) is 19.2 Å². The Bertz CT molecular complexity index is 304. The van der Waals surface area contributed by atoms with Crippen LogP contribution in [0, 0.1) is 5.92 Å². The highest BCUT2D eigenvalue weighted by molar-refractivity contribution is 5.88. The molecule has 0 spiro atoms. The fourth-order valence-corrected chi connectivity index (χ4v) is 2.58. The summed E-state index contributed by atoms with van der Waals surface area (Å²) in [5.74, 6) is -0.901. The van der Waals surface area contributed by atoms with Crippen molar-refractivity contribution >= 4 is 11.8 Å². The third kappa shape index (κ3) is 1.85. The molecule has 0 aromatic carbocycles. The summed E-state index contributed by atoms with van der Waals surface area (Å²) in [6.45, 7) is 2.25. The highest BCUT2D eigenvalue weighted by atomic mass is 16.7. The maximum atomic E-state index is 11.7. The van der Waals surface area contributed by atoms with Crippen LogP contribution in [0.4, 0.5) is 0 Å². The lowest BCUT2D eigenvalue weighted by molar-refractivity contribution is -0.178. The molecule has 5 nitrogen and oxygen atoms in total. The maximum absolute atomic E-state index is 11.7. The Kier molecular flexibility index (Phi) is 3.25. The van der Waals surface area contributed by atoms with Gasteiger partial charge in [-0.25, -0.2) is 0 Å². The average Bonchev–Trinajstić information content (AvgIpc) is 2.67. The Balaban J connectivity index is 2.20. The number of fused-ring (bicyclic) bond motifs is 1. The third-order valence-electron chi connectivity index (χ3n) is 3.36. The number of piperidine rings is 1. The van der Waals surface area contributed by atoms with Crippen LogP contribution in [0.5, 0.6) is 0 Å². The van der Waals surface area contributed by atoms with Gasteiger partial charge in [-0.1, -0.05) is 6.42 Å². The van der Waals surface area contributed by atoms with E-state index in [1.54, 1.807) is 5.06 Å². The van der Waals surface area contributed by atoms with Crippen LogP contribution < -0.4 is 0 Å². The number of esters is 1. The first-order chi connectivity index (χ1) is 7.65. The molecule has 0 saturated carbocycles.